The zero-order chi connectivity index (χ0) is 24.3. The lowest BCUT2D eigenvalue weighted by Gasteiger charge is -2.28. The molecule has 0 bridgehead atoms. The normalized spacial score (nSPS) is 16.1. The SMILES string of the molecule is COC(=O)C(NC(=O)c1cnc(Oc2ccc3c(c2)CCC(c2cccnc2)O3)s1)C(C)(C)C. The lowest BCUT2D eigenvalue weighted by molar-refractivity contribution is -0.145. The number of carbonyl (C=O) groups is 2. The number of fused-ring (bicyclic) bond motifs is 1. The van der Waals surface area contributed by atoms with E-state index < -0.39 is 23.3 Å². The molecule has 1 amide bonds. The van der Waals surface area contributed by atoms with Crippen molar-refractivity contribution in [1.82, 2.24) is 15.3 Å². The third-order valence-corrected chi connectivity index (χ3v) is 6.40. The number of aryl methyl sites for hydroxylation is 1. The van der Waals surface area contributed by atoms with E-state index in [1.54, 1.807) is 6.20 Å². The van der Waals surface area contributed by atoms with Crippen LogP contribution in [0.1, 0.15) is 54.1 Å². The molecule has 9 heteroatoms. The summed E-state index contributed by atoms with van der Waals surface area (Å²) < 4.78 is 16.9. The van der Waals surface area contributed by atoms with Crippen LogP contribution in [0.3, 0.4) is 0 Å². The van der Waals surface area contributed by atoms with E-state index in [-0.39, 0.29) is 6.10 Å². The van der Waals surface area contributed by atoms with Crippen molar-refractivity contribution in [2.75, 3.05) is 7.11 Å². The second-order valence-electron chi connectivity index (χ2n) is 9.09. The van der Waals surface area contributed by atoms with E-state index in [1.807, 2.05) is 57.3 Å². The maximum atomic E-state index is 12.7. The first-order valence-electron chi connectivity index (χ1n) is 11.0. The van der Waals surface area contributed by atoms with Gasteiger partial charge in [0, 0.05) is 18.0 Å². The largest absolute Gasteiger partial charge is 0.485 e. The molecular formula is C25H27N3O5S. The number of hydrogen-bond acceptors (Lipinski definition) is 8. The maximum Gasteiger partial charge on any atom is 0.328 e. The first kappa shape index (κ1) is 23.7. The summed E-state index contributed by atoms with van der Waals surface area (Å²) in [4.78, 5) is 33.5. The predicted molar refractivity (Wildman–Crippen MR) is 127 cm³/mol. The highest BCUT2D eigenvalue weighted by Crippen LogP contribution is 2.38. The van der Waals surface area contributed by atoms with Crippen LogP contribution in [0.5, 0.6) is 16.7 Å². The monoisotopic (exact) mass is 481 g/mol. The molecule has 0 saturated heterocycles. The van der Waals surface area contributed by atoms with Crippen molar-refractivity contribution >= 4 is 23.2 Å². The second kappa shape index (κ2) is 9.80. The van der Waals surface area contributed by atoms with Crippen LogP contribution in [0.4, 0.5) is 0 Å². The number of ether oxygens (including phenoxy) is 3. The Kier molecular flexibility index (Phi) is 6.83. The van der Waals surface area contributed by atoms with Gasteiger partial charge in [-0.25, -0.2) is 9.78 Å². The Balaban J connectivity index is 1.42. The van der Waals surface area contributed by atoms with Crippen LogP contribution < -0.4 is 14.8 Å². The van der Waals surface area contributed by atoms with E-state index in [2.05, 4.69) is 15.3 Å². The van der Waals surface area contributed by atoms with Gasteiger partial charge in [-0.1, -0.05) is 38.2 Å². The first-order chi connectivity index (χ1) is 16.2. The summed E-state index contributed by atoms with van der Waals surface area (Å²) in [5.74, 6) is 0.537. The predicted octanol–water partition coefficient (Wildman–Crippen LogP) is 4.71. The van der Waals surface area contributed by atoms with E-state index in [9.17, 15) is 9.59 Å². The van der Waals surface area contributed by atoms with Crippen LogP contribution in [0.25, 0.3) is 0 Å². The average molecular weight is 482 g/mol. The number of carbonyl (C=O) groups excluding carboxylic acids is 2. The Labute approximate surface area is 202 Å². The Bertz CT molecular complexity index is 1170. The topological polar surface area (TPSA) is 99.6 Å². The lowest BCUT2D eigenvalue weighted by Crippen LogP contribution is -2.49. The number of nitrogens with zero attached hydrogens (tertiary/aromatic N) is 2. The highest BCUT2D eigenvalue weighted by Gasteiger charge is 2.34. The third kappa shape index (κ3) is 5.36. The van der Waals surface area contributed by atoms with Crippen molar-refractivity contribution < 1.29 is 23.8 Å². The van der Waals surface area contributed by atoms with Crippen LogP contribution in [-0.2, 0) is 16.0 Å². The smallest absolute Gasteiger partial charge is 0.328 e. The van der Waals surface area contributed by atoms with Gasteiger partial charge in [-0.2, -0.15) is 0 Å². The number of methoxy groups -OCH3 is 1. The minimum Gasteiger partial charge on any atom is -0.485 e. The number of amides is 1. The van der Waals surface area contributed by atoms with E-state index in [0.29, 0.717) is 15.8 Å². The summed E-state index contributed by atoms with van der Waals surface area (Å²) in [7, 11) is 1.30. The van der Waals surface area contributed by atoms with Gasteiger partial charge in [0.2, 0.25) is 0 Å². The molecule has 0 fully saturated rings. The molecule has 4 rings (SSSR count). The number of pyridine rings is 1. The zero-order valence-corrected chi connectivity index (χ0v) is 20.3. The number of esters is 1. The molecule has 8 nitrogen and oxygen atoms in total. The lowest BCUT2D eigenvalue weighted by atomic mass is 9.86. The van der Waals surface area contributed by atoms with Gasteiger partial charge in [0.25, 0.3) is 11.1 Å². The molecule has 0 spiro atoms. The van der Waals surface area contributed by atoms with E-state index in [4.69, 9.17) is 14.2 Å². The third-order valence-electron chi connectivity index (χ3n) is 5.53. The number of nitrogens with one attached hydrogen (secondary N) is 1. The van der Waals surface area contributed by atoms with Crippen LogP contribution in [0.2, 0.25) is 0 Å². The van der Waals surface area contributed by atoms with Crippen molar-refractivity contribution in [2.45, 2.75) is 45.8 Å². The van der Waals surface area contributed by atoms with Gasteiger partial charge in [-0.3, -0.25) is 9.78 Å². The van der Waals surface area contributed by atoms with Crippen molar-refractivity contribution in [3.05, 3.63) is 64.9 Å². The molecule has 2 unspecified atom stereocenters. The number of rotatable bonds is 6. The molecular weight excluding hydrogens is 454 g/mol. The Morgan fingerprint density at radius 1 is 1.24 bits per heavy atom. The van der Waals surface area contributed by atoms with Crippen molar-refractivity contribution in [3.8, 4) is 16.7 Å². The summed E-state index contributed by atoms with van der Waals surface area (Å²) in [6.45, 7) is 5.57. The molecule has 1 N–H and O–H groups in total. The summed E-state index contributed by atoms with van der Waals surface area (Å²) in [5, 5.41) is 3.07. The van der Waals surface area contributed by atoms with E-state index in [1.165, 1.54) is 13.3 Å². The second-order valence-corrected chi connectivity index (χ2v) is 10.1. The summed E-state index contributed by atoms with van der Waals surface area (Å²) in [5.41, 5.74) is 1.61. The summed E-state index contributed by atoms with van der Waals surface area (Å²) in [6.07, 6.45) is 6.69. The van der Waals surface area contributed by atoms with Crippen molar-refractivity contribution in [1.29, 1.82) is 0 Å². The molecule has 178 valence electrons. The molecule has 0 saturated carbocycles. The fraction of sp³-hybridized carbons (Fsp3) is 0.360. The Morgan fingerprint density at radius 3 is 2.76 bits per heavy atom. The van der Waals surface area contributed by atoms with Gasteiger partial charge in [0.05, 0.1) is 13.3 Å². The zero-order valence-electron chi connectivity index (χ0n) is 19.5. The first-order valence-corrected chi connectivity index (χ1v) is 11.8. The van der Waals surface area contributed by atoms with Crippen LogP contribution in [-0.4, -0.2) is 35.0 Å². The van der Waals surface area contributed by atoms with Gasteiger partial charge in [0.1, 0.15) is 28.5 Å². The fourth-order valence-electron chi connectivity index (χ4n) is 3.69. The molecule has 2 atom stereocenters. The van der Waals surface area contributed by atoms with Crippen molar-refractivity contribution in [2.24, 2.45) is 5.41 Å². The standard InChI is InChI=1S/C25H27N3O5S/c1-25(2,3)21(23(30)31-4)28-22(29)20-14-27-24(34-20)32-17-8-10-18-15(12-17)7-9-19(33-18)16-6-5-11-26-13-16/h5-6,8,10-14,19,21H,7,9H2,1-4H3,(H,28,29). The van der Waals surface area contributed by atoms with Crippen LogP contribution in [0.15, 0.2) is 48.9 Å². The number of hydrogen-bond donors (Lipinski definition) is 1. The number of benzene rings is 1. The Morgan fingerprint density at radius 2 is 2.06 bits per heavy atom. The highest BCUT2D eigenvalue weighted by molar-refractivity contribution is 7.15. The molecule has 0 aliphatic carbocycles. The van der Waals surface area contributed by atoms with Gasteiger partial charge in [0.15, 0.2) is 0 Å². The Hall–Kier alpha value is -3.46. The van der Waals surface area contributed by atoms with Gasteiger partial charge >= 0.3 is 5.97 Å². The highest BCUT2D eigenvalue weighted by atomic mass is 32.1. The van der Waals surface area contributed by atoms with Crippen LogP contribution in [0, 0.1) is 5.41 Å². The molecule has 3 heterocycles. The maximum absolute atomic E-state index is 12.7. The molecule has 0 radical (unpaired) electrons. The van der Waals surface area contributed by atoms with Crippen LogP contribution >= 0.6 is 11.3 Å². The molecule has 2 aromatic heterocycles. The van der Waals surface area contributed by atoms with Gasteiger partial charge < -0.3 is 19.5 Å². The van der Waals surface area contributed by atoms with Crippen molar-refractivity contribution in [3.63, 3.8) is 0 Å². The average Bonchev–Trinajstić information content (AvgIpc) is 3.30. The van der Waals surface area contributed by atoms with Gasteiger partial charge in [-0.15, -0.1) is 0 Å². The summed E-state index contributed by atoms with van der Waals surface area (Å²) in [6, 6.07) is 8.78. The molecule has 1 aliphatic rings. The number of aromatic nitrogens is 2. The minimum absolute atomic E-state index is 0.0186. The molecule has 3 aromatic rings. The fourth-order valence-corrected chi connectivity index (χ4v) is 4.38. The molecule has 1 aliphatic heterocycles. The van der Waals surface area contributed by atoms with Gasteiger partial charge in [-0.05, 0) is 48.1 Å². The quantitative estimate of drug-likeness (QED) is 0.509. The summed E-state index contributed by atoms with van der Waals surface area (Å²) >= 11 is 1.11. The van der Waals surface area contributed by atoms with E-state index in [0.717, 1.165) is 41.1 Å². The molecule has 1 aromatic carbocycles. The number of thiazole rings is 1. The van der Waals surface area contributed by atoms with E-state index >= 15 is 0 Å². The minimum atomic E-state index is -0.785. The molecule has 34 heavy (non-hydrogen) atoms.